The minimum absolute atomic E-state index is 0.0647. The molecule has 1 aromatic carbocycles. The van der Waals surface area contributed by atoms with Crippen molar-refractivity contribution < 1.29 is 27.0 Å². The van der Waals surface area contributed by atoms with E-state index in [2.05, 4.69) is 9.46 Å². The van der Waals surface area contributed by atoms with E-state index in [4.69, 9.17) is 5.11 Å². The van der Waals surface area contributed by atoms with Crippen molar-refractivity contribution in [2.45, 2.75) is 6.61 Å². The van der Waals surface area contributed by atoms with Gasteiger partial charge in [-0.2, -0.15) is 8.78 Å². The van der Waals surface area contributed by atoms with Crippen LogP contribution in [-0.4, -0.2) is 32.5 Å². The topological polar surface area (TPSA) is 75.6 Å². The average molecular weight is 267 g/mol. The van der Waals surface area contributed by atoms with E-state index in [9.17, 15) is 17.2 Å². The zero-order valence-electron chi connectivity index (χ0n) is 8.64. The predicted octanol–water partition coefficient (Wildman–Crippen LogP) is 1.02. The Bertz CT molecular complexity index is 447. The number of aliphatic hydroxyl groups excluding tert-OH is 1. The molecular formula is C9H11F2NO4S. The molecule has 5 nitrogen and oxygen atoms in total. The van der Waals surface area contributed by atoms with Crippen molar-refractivity contribution in [3.05, 3.63) is 24.3 Å². The molecule has 0 aliphatic heterocycles. The SMILES string of the molecule is O=S(=O)(CCO)Nc1ccc(OC(F)F)cc1. The maximum Gasteiger partial charge on any atom is 0.387 e. The molecule has 17 heavy (non-hydrogen) atoms. The van der Waals surface area contributed by atoms with Crippen LogP contribution < -0.4 is 9.46 Å². The van der Waals surface area contributed by atoms with Crippen molar-refractivity contribution in [2.75, 3.05) is 17.1 Å². The molecule has 0 saturated heterocycles. The molecule has 0 amide bonds. The Labute approximate surface area is 97.1 Å². The fourth-order valence-electron chi connectivity index (χ4n) is 1.06. The van der Waals surface area contributed by atoms with Crippen LogP contribution in [0.25, 0.3) is 0 Å². The zero-order valence-corrected chi connectivity index (χ0v) is 9.45. The molecule has 0 unspecified atom stereocenters. The normalized spacial score (nSPS) is 11.5. The van der Waals surface area contributed by atoms with Crippen molar-refractivity contribution in [2.24, 2.45) is 0 Å². The van der Waals surface area contributed by atoms with Crippen LogP contribution in [0.5, 0.6) is 5.75 Å². The van der Waals surface area contributed by atoms with E-state index in [1.54, 1.807) is 0 Å². The van der Waals surface area contributed by atoms with Gasteiger partial charge in [0, 0.05) is 5.69 Å². The molecule has 1 aromatic rings. The highest BCUT2D eigenvalue weighted by Gasteiger charge is 2.09. The smallest absolute Gasteiger partial charge is 0.387 e. The summed E-state index contributed by atoms with van der Waals surface area (Å²) in [6.07, 6.45) is 0. The summed E-state index contributed by atoms with van der Waals surface area (Å²) in [6, 6.07) is 4.99. The number of alkyl halides is 2. The lowest BCUT2D eigenvalue weighted by Crippen LogP contribution is -2.18. The fourth-order valence-corrected chi connectivity index (χ4v) is 1.89. The lowest BCUT2D eigenvalue weighted by Gasteiger charge is -2.08. The Morgan fingerprint density at radius 2 is 1.88 bits per heavy atom. The largest absolute Gasteiger partial charge is 0.435 e. The van der Waals surface area contributed by atoms with E-state index in [1.807, 2.05) is 0 Å². The number of hydrogen-bond acceptors (Lipinski definition) is 4. The standard InChI is InChI=1S/C9H11F2NO4S/c10-9(11)16-8-3-1-7(2-4-8)12-17(14,15)6-5-13/h1-4,9,12-13H,5-6H2. The third kappa shape index (κ3) is 4.96. The van der Waals surface area contributed by atoms with Crippen LogP contribution in [0.2, 0.25) is 0 Å². The Morgan fingerprint density at radius 3 is 2.35 bits per heavy atom. The number of anilines is 1. The van der Waals surface area contributed by atoms with Gasteiger partial charge in [0.15, 0.2) is 0 Å². The number of halogens is 2. The summed E-state index contributed by atoms with van der Waals surface area (Å²) in [4.78, 5) is 0. The van der Waals surface area contributed by atoms with Crippen LogP contribution in [0.4, 0.5) is 14.5 Å². The van der Waals surface area contributed by atoms with Crippen molar-refractivity contribution >= 4 is 15.7 Å². The second-order valence-corrected chi connectivity index (χ2v) is 4.89. The Morgan fingerprint density at radius 1 is 1.29 bits per heavy atom. The first-order valence-electron chi connectivity index (χ1n) is 4.59. The lowest BCUT2D eigenvalue weighted by molar-refractivity contribution is -0.0498. The number of hydrogen-bond donors (Lipinski definition) is 2. The van der Waals surface area contributed by atoms with Gasteiger partial charge in [0.05, 0.1) is 12.4 Å². The van der Waals surface area contributed by atoms with Gasteiger partial charge in [-0.1, -0.05) is 0 Å². The van der Waals surface area contributed by atoms with E-state index in [1.165, 1.54) is 24.3 Å². The summed E-state index contributed by atoms with van der Waals surface area (Å²) < 4.78 is 52.4. The molecule has 0 heterocycles. The molecule has 0 spiro atoms. The van der Waals surface area contributed by atoms with Gasteiger partial charge in [0.25, 0.3) is 0 Å². The third-order valence-electron chi connectivity index (χ3n) is 1.71. The van der Waals surface area contributed by atoms with Crippen LogP contribution in [0.3, 0.4) is 0 Å². The van der Waals surface area contributed by atoms with Gasteiger partial charge in [0.1, 0.15) is 5.75 Å². The van der Waals surface area contributed by atoms with Gasteiger partial charge in [-0.25, -0.2) is 8.42 Å². The zero-order chi connectivity index (χ0) is 12.9. The predicted molar refractivity (Wildman–Crippen MR) is 57.6 cm³/mol. The maximum absolute atomic E-state index is 11.8. The highest BCUT2D eigenvalue weighted by molar-refractivity contribution is 7.92. The van der Waals surface area contributed by atoms with Crippen molar-refractivity contribution in [3.63, 3.8) is 0 Å². The lowest BCUT2D eigenvalue weighted by atomic mass is 10.3. The van der Waals surface area contributed by atoms with E-state index in [0.717, 1.165) is 0 Å². The summed E-state index contributed by atoms with van der Waals surface area (Å²) in [7, 11) is -3.61. The highest BCUT2D eigenvalue weighted by atomic mass is 32.2. The van der Waals surface area contributed by atoms with Crippen LogP contribution in [0.15, 0.2) is 24.3 Å². The minimum Gasteiger partial charge on any atom is -0.435 e. The fraction of sp³-hybridized carbons (Fsp3) is 0.333. The van der Waals surface area contributed by atoms with Gasteiger partial charge in [-0.05, 0) is 24.3 Å². The third-order valence-corrected chi connectivity index (χ3v) is 2.98. The molecule has 0 saturated carbocycles. The summed E-state index contributed by atoms with van der Waals surface area (Å²) >= 11 is 0. The summed E-state index contributed by atoms with van der Waals surface area (Å²) in [6.45, 7) is -3.42. The first-order valence-corrected chi connectivity index (χ1v) is 6.24. The van der Waals surface area contributed by atoms with Crippen molar-refractivity contribution in [1.82, 2.24) is 0 Å². The number of aliphatic hydroxyl groups is 1. The molecule has 0 aliphatic carbocycles. The van der Waals surface area contributed by atoms with Gasteiger partial charge in [-0.3, -0.25) is 4.72 Å². The number of nitrogens with one attached hydrogen (secondary N) is 1. The molecule has 8 heteroatoms. The van der Waals surface area contributed by atoms with Gasteiger partial charge < -0.3 is 9.84 Å². The Balaban J connectivity index is 2.68. The first kappa shape index (κ1) is 13.7. The average Bonchev–Trinajstić information content (AvgIpc) is 2.19. The molecular weight excluding hydrogens is 256 g/mol. The van der Waals surface area contributed by atoms with Crippen molar-refractivity contribution in [1.29, 1.82) is 0 Å². The number of sulfonamides is 1. The van der Waals surface area contributed by atoms with Gasteiger partial charge in [0.2, 0.25) is 10.0 Å². The summed E-state index contributed by atoms with van der Waals surface area (Å²) in [5, 5.41) is 8.50. The van der Waals surface area contributed by atoms with E-state index in [0.29, 0.717) is 0 Å². The van der Waals surface area contributed by atoms with Crippen molar-refractivity contribution in [3.8, 4) is 5.75 Å². The Hall–Kier alpha value is -1.41. The molecule has 0 aromatic heterocycles. The molecule has 0 fully saturated rings. The molecule has 96 valence electrons. The minimum atomic E-state index is -3.61. The Kier molecular flexibility index (Phi) is 4.64. The second kappa shape index (κ2) is 5.78. The van der Waals surface area contributed by atoms with Crippen LogP contribution >= 0.6 is 0 Å². The van der Waals surface area contributed by atoms with Gasteiger partial charge >= 0.3 is 6.61 Å². The quantitative estimate of drug-likeness (QED) is 0.807. The number of ether oxygens (including phenoxy) is 1. The summed E-state index contributed by atoms with van der Waals surface area (Å²) in [5.74, 6) is -0.493. The van der Waals surface area contributed by atoms with E-state index in [-0.39, 0.29) is 11.4 Å². The molecule has 0 aliphatic rings. The number of benzene rings is 1. The maximum atomic E-state index is 11.8. The van der Waals surface area contributed by atoms with Gasteiger partial charge in [-0.15, -0.1) is 0 Å². The summed E-state index contributed by atoms with van der Waals surface area (Å²) in [5.41, 5.74) is 0.208. The van der Waals surface area contributed by atoms with E-state index >= 15 is 0 Å². The van der Waals surface area contributed by atoms with E-state index < -0.39 is 29.0 Å². The molecule has 2 N–H and O–H groups in total. The first-order chi connectivity index (χ1) is 7.93. The second-order valence-electron chi connectivity index (χ2n) is 3.05. The van der Waals surface area contributed by atoms with Crippen LogP contribution in [0.1, 0.15) is 0 Å². The highest BCUT2D eigenvalue weighted by Crippen LogP contribution is 2.18. The van der Waals surface area contributed by atoms with Crippen LogP contribution in [-0.2, 0) is 10.0 Å². The number of rotatable bonds is 6. The monoisotopic (exact) mass is 267 g/mol. The van der Waals surface area contributed by atoms with Crippen LogP contribution in [0, 0.1) is 0 Å². The molecule has 0 bridgehead atoms. The molecule has 1 rings (SSSR count). The molecule has 0 atom stereocenters. The molecule has 0 radical (unpaired) electrons.